The fraction of sp³-hybridized carbons (Fsp3) is 0.462. The van der Waals surface area contributed by atoms with Gasteiger partial charge in [0.25, 0.3) is 0 Å². The van der Waals surface area contributed by atoms with Gasteiger partial charge in [-0.15, -0.1) is 0 Å². The van der Waals surface area contributed by atoms with Crippen LogP contribution < -0.4 is 4.74 Å². The molecule has 1 rings (SSSR count). The van der Waals surface area contributed by atoms with Crippen LogP contribution in [0.25, 0.3) is 0 Å². The van der Waals surface area contributed by atoms with Crippen molar-refractivity contribution in [3.63, 3.8) is 0 Å². The molecule has 1 aromatic rings. The molecule has 1 radical (unpaired) electrons. The minimum Gasteiger partial charge on any atom is -0.494 e. The van der Waals surface area contributed by atoms with Crippen LogP contribution in [0.5, 0.6) is 5.75 Å². The lowest BCUT2D eigenvalue weighted by Gasteiger charge is -2.05. The SMILES string of the molecule is CCCCCCOc1ccc([C]=O)cc1. The van der Waals surface area contributed by atoms with Crippen LogP contribution in [0.2, 0.25) is 0 Å². The summed E-state index contributed by atoms with van der Waals surface area (Å²) in [5.74, 6) is 0.825. The number of hydrogen-bond acceptors (Lipinski definition) is 2. The van der Waals surface area contributed by atoms with Gasteiger partial charge in [-0.25, -0.2) is 0 Å². The largest absolute Gasteiger partial charge is 0.494 e. The molecule has 0 unspecified atom stereocenters. The van der Waals surface area contributed by atoms with E-state index in [9.17, 15) is 4.79 Å². The van der Waals surface area contributed by atoms with E-state index in [0.29, 0.717) is 5.56 Å². The van der Waals surface area contributed by atoms with Crippen LogP contribution in [0.1, 0.15) is 38.2 Å². The van der Waals surface area contributed by atoms with Crippen LogP contribution in [0, 0.1) is 0 Å². The molecule has 0 bridgehead atoms. The van der Waals surface area contributed by atoms with E-state index in [1.54, 1.807) is 24.3 Å². The van der Waals surface area contributed by atoms with Crippen molar-refractivity contribution < 1.29 is 9.53 Å². The van der Waals surface area contributed by atoms with Gasteiger partial charge in [0.05, 0.1) is 6.61 Å². The molecule has 0 heterocycles. The summed E-state index contributed by atoms with van der Waals surface area (Å²) >= 11 is 0. The lowest BCUT2D eigenvalue weighted by Crippen LogP contribution is -1.97. The van der Waals surface area contributed by atoms with Gasteiger partial charge >= 0.3 is 0 Å². The number of ether oxygens (including phenoxy) is 1. The standard InChI is InChI=1S/C13H17O2/c1-2-3-4-5-10-15-13-8-6-12(11-14)7-9-13/h6-9H,2-5,10H2,1H3. The van der Waals surface area contributed by atoms with Gasteiger partial charge in [-0.05, 0) is 30.7 Å². The maximum Gasteiger partial charge on any atom is 0.233 e. The molecule has 0 aromatic heterocycles. The van der Waals surface area contributed by atoms with Crippen molar-refractivity contribution in [3.8, 4) is 5.75 Å². The fourth-order valence-electron chi connectivity index (χ4n) is 1.34. The zero-order chi connectivity index (χ0) is 10.9. The van der Waals surface area contributed by atoms with E-state index in [4.69, 9.17) is 4.74 Å². The predicted molar refractivity (Wildman–Crippen MR) is 60.9 cm³/mol. The molecule has 0 N–H and O–H groups in total. The zero-order valence-corrected chi connectivity index (χ0v) is 9.16. The molecule has 0 aliphatic heterocycles. The first-order valence-corrected chi connectivity index (χ1v) is 5.48. The van der Waals surface area contributed by atoms with Crippen molar-refractivity contribution in [1.82, 2.24) is 0 Å². The average Bonchev–Trinajstić information content (AvgIpc) is 2.30. The molecule has 0 spiro atoms. The molecule has 1 aromatic carbocycles. The number of unbranched alkanes of at least 4 members (excludes halogenated alkanes) is 3. The predicted octanol–water partition coefficient (Wildman–Crippen LogP) is 3.10. The topological polar surface area (TPSA) is 26.3 Å². The van der Waals surface area contributed by atoms with Gasteiger partial charge in [-0.1, -0.05) is 26.2 Å². The highest BCUT2D eigenvalue weighted by molar-refractivity contribution is 5.75. The third-order valence-electron chi connectivity index (χ3n) is 2.24. The van der Waals surface area contributed by atoms with Gasteiger partial charge in [0.1, 0.15) is 5.75 Å². The monoisotopic (exact) mass is 205 g/mol. The molecule has 0 saturated carbocycles. The quantitative estimate of drug-likeness (QED) is 0.639. The first-order valence-electron chi connectivity index (χ1n) is 5.48. The van der Waals surface area contributed by atoms with Crippen LogP contribution in [0.15, 0.2) is 24.3 Å². The van der Waals surface area contributed by atoms with Gasteiger partial charge in [0.15, 0.2) is 0 Å². The van der Waals surface area contributed by atoms with E-state index >= 15 is 0 Å². The van der Waals surface area contributed by atoms with Crippen molar-refractivity contribution >= 4 is 6.29 Å². The van der Waals surface area contributed by atoms with E-state index in [1.807, 2.05) is 6.29 Å². The van der Waals surface area contributed by atoms with Crippen molar-refractivity contribution in [2.24, 2.45) is 0 Å². The van der Waals surface area contributed by atoms with Crippen molar-refractivity contribution in [1.29, 1.82) is 0 Å². The van der Waals surface area contributed by atoms with E-state index in [0.717, 1.165) is 18.8 Å². The molecule has 2 nitrogen and oxygen atoms in total. The number of benzene rings is 1. The molecule has 0 amide bonds. The number of rotatable bonds is 7. The van der Waals surface area contributed by atoms with Crippen molar-refractivity contribution in [2.75, 3.05) is 6.61 Å². The van der Waals surface area contributed by atoms with Gasteiger partial charge in [0.2, 0.25) is 6.29 Å². The Labute approximate surface area is 91.3 Å². The van der Waals surface area contributed by atoms with Gasteiger partial charge in [-0.2, -0.15) is 0 Å². The van der Waals surface area contributed by atoms with Crippen LogP contribution in [0.4, 0.5) is 0 Å². The molecule has 0 atom stereocenters. The lowest BCUT2D eigenvalue weighted by molar-refractivity contribution is 0.305. The second-order valence-corrected chi connectivity index (χ2v) is 3.54. The average molecular weight is 205 g/mol. The Bertz CT molecular complexity index is 277. The van der Waals surface area contributed by atoms with Crippen LogP contribution in [-0.2, 0) is 4.79 Å². The summed E-state index contributed by atoms with van der Waals surface area (Å²) in [6.07, 6.45) is 6.65. The molecule has 81 valence electrons. The Morgan fingerprint density at radius 1 is 1.13 bits per heavy atom. The van der Waals surface area contributed by atoms with Gasteiger partial charge in [-0.3, -0.25) is 4.79 Å². The Kier molecular flexibility index (Phi) is 5.52. The molecule has 0 aliphatic rings. The first kappa shape index (κ1) is 11.8. The van der Waals surface area contributed by atoms with E-state index < -0.39 is 0 Å². The maximum absolute atomic E-state index is 10.3. The normalized spacial score (nSPS) is 9.93. The lowest BCUT2D eigenvalue weighted by atomic mass is 10.2. The van der Waals surface area contributed by atoms with Crippen molar-refractivity contribution in [2.45, 2.75) is 32.6 Å². The molecule has 15 heavy (non-hydrogen) atoms. The Balaban J connectivity index is 2.22. The minimum atomic E-state index is 0.563. The molecular formula is C13H17O2. The summed E-state index contributed by atoms with van der Waals surface area (Å²) < 4.78 is 5.52. The van der Waals surface area contributed by atoms with Crippen LogP contribution in [-0.4, -0.2) is 12.9 Å². The highest BCUT2D eigenvalue weighted by Gasteiger charge is 1.94. The van der Waals surface area contributed by atoms with Crippen LogP contribution >= 0.6 is 0 Å². The van der Waals surface area contributed by atoms with Gasteiger partial charge < -0.3 is 4.74 Å². The highest BCUT2D eigenvalue weighted by Crippen LogP contribution is 2.11. The smallest absolute Gasteiger partial charge is 0.233 e. The Morgan fingerprint density at radius 3 is 2.47 bits per heavy atom. The molecule has 0 fully saturated rings. The third-order valence-corrected chi connectivity index (χ3v) is 2.24. The maximum atomic E-state index is 10.3. The summed E-state index contributed by atoms with van der Waals surface area (Å²) in [7, 11) is 0. The molecule has 0 saturated heterocycles. The summed E-state index contributed by atoms with van der Waals surface area (Å²) in [6.45, 7) is 2.94. The van der Waals surface area contributed by atoms with E-state index in [2.05, 4.69) is 6.92 Å². The first-order chi connectivity index (χ1) is 7.36. The summed E-state index contributed by atoms with van der Waals surface area (Å²) in [5.41, 5.74) is 0.563. The highest BCUT2D eigenvalue weighted by atomic mass is 16.5. The van der Waals surface area contributed by atoms with Crippen LogP contribution in [0.3, 0.4) is 0 Å². The van der Waals surface area contributed by atoms with Gasteiger partial charge in [0, 0.05) is 5.56 Å². The Hall–Kier alpha value is -1.31. The zero-order valence-electron chi connectivity index (χ0n) is 9.16. The minimum absolute atomic E-state index is 0.563. The Morgan fingerprint density at radius 2 is 1.87 bits per heavy atom. The summed E-state index contributed by atoms with van der Waals surface area (Å²) in [6, 6.07) is 7.04. The molecule has 0 aliphatic carbocycles. The number of carbonyl (C=O) groups excluding carboxylic acids is 1. The second kappa shape index (κ2) is 7.04. The molecular weight excluding hydrogens is 188 g/mol. The third kappa shape index (κ3) is 4.63. The molecule has 2 heteroatoms. The fourth-order valence-corrected chi connectivity index (χ4v) is 1.34. The van der Waals surface area contributed by atoms with E-state index in [-0.39, 0.29) is 0 Å². The second-order valence-electron chi connectivity index (χ2n) is 3.54. The summed E-state index contributed by atoms with van der Waals surface area (Å²) in [5, 5.41) is 0. The summed E-state index contributed by atoms with van der Waals surface area (Å²) in [4.78, 5) is 10.3. The van der Waals surface area contributed by atoms with Crippen molar-refractivity contribution in [3.05, 3.63) is 29.8 Å². The van der Waals surface area contributed by atoms with E-state index in [1.165, 1.54) is 19.3 Å². The number of hydrogen-bond donors (Lipinski definition) is 0.